The van der Waals surface area contributed by atoms with Crippen LogP contribution in [0.1, 0.15) is 29.7 Å². The number of hydrogen-bond acceptors (Lipinski definition) is 4. The molecule has 2 aromatic carbocycles. The van der Waals surface area contributed by atoms with Crippen LogP contribution in [0.15, 0.2) is 54.6 Å². The fraction of sp³-hybridized carbons (Fsp3) is 0.182. The van der Waals surface area contributed by atoms with Crippen LogP contribution in [-0.2, 0) is 0 Å². The Kier molecular flexibility index (Phi) is 4.46. The summed E-state index contributed by atoms with van der Waals surface area (Å²) in [5.74, 6) is 0.389. The Morgan fingerprint density at radius 2 is 1.89 bits per heavy atom. The maximum absolute atomic E-state index is 13.2. The molecule has 0 saturated carbocycles. The van der Waals surface area contributed by atoms with Gasteiger partial charge in [0.15, 0.2) is 5.65 Å². The summed E-state index contributed by atoms with van der Waals surface area (Å²) in [5.41, 5.74) is 4.19. The minimum Gasteiger partial charge on any atom is -0.386 e. The largest absolute Gasteiger partial charge is 0.386 e. The van der Waals surface area contributed by atoms with Crippen molar-refractivity contribution in [1.82, 2.24) is 9.38 Å². The Morgan fingerprint density at radius 3 is 2.61 bits per heavy atom. The molecule has 140 valence electrons. The van der Waals surface area contributed by atoms with Gasteiger partial charge in [-0.1, -0.05) is 24.3 Å². The first kappa shape index (κ1) is 18.0. The highest BCUT2D eigenvalue weighted by Crippen LogP contribution is 2.28. The van der Waals surface area contributed by atoms with E-state index < -0.39 is 6.10 Å². The lowest BCUT2D eigenvalue weighted by molar-refractivity contribution is 0.160. The van der Waals surface area contributed by atoms with Crippen molar-refractivity contribution in [2.75, 3.05) is 5.32 Å². The lowest BCUT2D eigenvalue weighted by atomic mass is 10.0. The number of fused-ring (bicyclic) bond motifs is 3. The van der Waals surface area contributed by atoms with Gasteiger partial charge >= 0.3 is 0 Å². The van der Waals surface area contributed by atoms with Crippen LogP contribution in [0.5, 0.6) is 0 Å². The van der Waals surface area contributed by atoms with E-state index in [2.05, 4.69) is 16.4 Å². The summed E-state index contributed by atoms with van der Waals surface area (Å²) in [5, 5.41) is 23.6. The zero-order valence-corrected chi connectivity index (χ0v) is 15.5. The molecule has 0 radical (unpaired) electrons. The normalized spacial score (nSPS) is 13.4. The number of benzene rings is 2. The zero-order chi connectivity index (χ0) is 19.8. The minimum absolute atomic E-state index is 0.342. The second kappa shape index (κ2) is 6.95. The lowest BCUT2D eigenvalue weighted by Gasteiger charge is -2.23. The summed E-state index contributed by atoms with van der Waals surface area (Å²) in [6.07, 6.45) is -0.832. The van der Waals surface area contributed by atoms with Crippen molar-refractivity contribution >= 4 is 22.5 Å². The number of imidazole rings is 1. The smallest absolute Gasteiger partial charge is 0.157 e. The Bertz CT molecular complexity index is 1210. The van der Waals surface area contributed by atoms with Crippen molar-refractivity contribution in [3.05, 3.63) is 77.1 Å². The molecule has 6 heteroatoms. The number of aromatic nitrogens is 2. The van der Waals surface area contributed by atoms with E-state index in [4.69, 9.17) is 0 Å². The number of pyridine rings is 1. The molecule has 0 saturated heterocycles. The first-order valence-electron chi connectivity index (χ1n) is 9.00. The number of aliphatic hydroxyl groups is 1. The molecule has 28 heavy (non-hydrogen) atoms. The van der Waals surface area contributed by atoms with Gasteiger partial charge in [0.2, 0.25) is 0 Å². The number of anilines is 1. The topological polar surface area (TPSA) is 73.3 Å². The number of aliphatic hydroxyl groups excluding tert-OH is 1. The highest BCUT2D eigenvalue weighted by molar-refractivity contribution is 5.85. The minimum atomic E-state index is -0.832. The lowest BCUT2D eigenvalue weighted by Crippen LogP contribution is -2.25. The van der Waals surface area contributed by atoms with Gasteiger partial charge in [-0.15, -0.1) is 0 Å². The molecule has 0 amide bonds. The average Bonchev–Trinajstić information content (AvgIpc) is 3.07. The van der Waals surface area contributed by atoms with E-state index in [-0.39, 0.29) is 11.9 Å². The number of rotatable bonds is 4. The van der Waals surface area contributed by atoms with Gasteiger partial charge in [-0.2, -0.15) is 5.26 Å². The number of para-hydroxylation sites is 2. The summed E-state index contributed by atoms with van der Waals surface area (Å²) in [6, 6.07) is 17.2. The first-order chi connectivity index (χ1) is 13.5. The second-order valence-corrected chi connectivity index (χ2v) is 6.89. The van der Waals surface area contributed by atoms with Crippen molar-refractivity contribution in [1.29, 1.82) is 5.26 Å². The van der Waals surface area contributed by atoms with Crippen LogP contribution in [-0.4, -0.2) is 20.5 Å². The van der Waals surface area contributed by atoms with Crippen molar-refractivity contribution in [2.45, 2.75) is 26.0 Å². The van der Waals surface area contributed by atoms with Crippen LogP contribution in [0.3, 0.4) is 0 Å². The third-order valence-electron chi connectivity index (χ3n) is 4.95. The molecule has 0 aliphatic carbocycles. The fourth-order valence-corrected chi connectivity index (χ4v) is 3.46. The number of nitrogens with one attached hydrogen (secondary N) is 1. The van der Waals surface area contributed by atoms with Gasteiger partial charge in [0.25, 0.3) is 0 Å². The Hall–Kier alpha value is -3.43. The van der Waals surface area contributed by atoms with Gasteiger partial charge in [-0.25, -0.2) is 9.37 Å². The first-order valence-corrected chi connectivity index (χ1v) is 9.00. The predicted molar refractivity (Wildman–Crippen MR) is 107 cm³/mol. The molecule has 0 spiro atoms. The van der Waals surface area contributed by atoms with Gasteiger partial charge in [-0.05, 0) is 55.3 Å². The molecule has 0 bridgehead atoms. The van der Waals surface area contributed by atoms with Crippen LogP contribution >= 0.6 is 0 Å². The van der Waals surface area contributed by atoms with Gasteiger partial charge in [0.1, 0.15) is 17.7 Å². The van der Waals surface area contributed by atoms with Crippen molar-refractivity contribution in [3.8, 4) is 6.07 Å². The molecule has 5 nitrogen and oxygen atoms in total. The van der Waals surface area contributed by atoms with Gasteiger partial charge in [0.05, 0.1) is 28.7 Å². The molecule has 2 N–H and O–H groups in total. The van der Waals surface area contributed by atoms with E-state index in [1.807, 2.05) is 48.6 Å². The van der Waals surface area contributed by atoms with E-state index in [0.717, 1.165) is 22.4 Å². The molecule has 2 aromatic heterocycles. The second-order valence-electron chi connectivity index (χ2n) is 6.89. The summed E-state index contributed by atoms with van der Waals surface area (Å²) >= 11 is 0. The Morgan fingerprint density at radius 1 is 1.18 bits per heavy atom. The van der Waals surface area contributed by atoms with Crippen molar-refractivity contribution in [3.63, 3.8) is 0 Å². The maximum atomic E-state index is 13.2. The Labute approximate surface area is 161 Å². The van der Waals surface area contributed by atoms with Crippen molar-refractivity contribution in [2.24, 2.45) is 0 Å². The molecule has 0 fully saturated rings. The number of halogens is 1. The molecular weight excluding hydrogens is 355 g/mol. The molecule has 4 aromatic rings. The average molecular weight is 374 g/mol. The van der Waals surface area contributed by atoms with E-state index in [0.29, 0.717) is 16.8 Å². The summed E-state index contributed by atoms with van der Waals surface area (Å²) < 4.78 is 15.1. The predicted octanol–water partition coefficient (Wildman–Crippen LogP) is 4.34. The maximum Gasteiger partial charge on any atom is 0.157 e. The highest BCUT2D eigenvalue weighted by Gasteiger charge is 2.20. The van der Waals surface area contributed by atoms with Gasteiger partial charge in [-0.3, -0.25) is 4.40 Å². The van der Waals surface area contributed by atoms with Gasteiger partial charge < -0.3 is 10.4 Å². The number of nitrogens with zero attached hydrogens (tertiary/aromatic N) is 3. The van der Waals surface area contributed by atoms with Crippen molar-refractivity contribution < 1.29 is 9.50 Å². The summed E-state index contributed by atoms with van der Waals surface area (Å²) in [7, 11) is 0. The standard InChI is InChI=1S/C22H19FN4O/c1-13-11-20(25-14(2)21(28)15-7-9-16(23)10-8-15)27-19-6-4-3-5-18(19)26-22(27)17(13)12-24/h3-11,14,21,25,28H,1-2H3. The molecule has 0 aliphatic rings. The van der Waals surface area contributed by atoms with Crippen LogP contribution in [0, 0.1) is 24.1 Å². The van der Waals surface area contributed by atoms with Crippen LogP contribution in [0.4, 0.5) is 10.2 Å². The van der Waals surface area contributed by atoms with Gasteiger partial charge in [0, 0.05) is 0 Å². The number of nitriles is 1. The van der Waals surface area contributed by atoms with E-state index in [1.54, 1.807) is 12.1 Å². The highest BCUT2D eigenvalue weighted by atomic mass is 19.1. The molecule has 2 heterocycles. The molecule has 0 aliphatic heterocycles. The molecule has 2 atom stereocenters. The number of aryl methyl sites for hydroxylation is 1. The monoisotopic (exact) mass is 374 g/mol. The zero-order valence-electron chi connectivity index (χ0n) is 15.5. The summed E-state index contributed by atoms with van der Waals surface area (Å²) in [6.45, 7) is 3.72. The quantitative estimate of drug-likeness (QED) is 0.557. The van der Waals surface area contributed by atoms with E-state index >= 15 is 0 Å². The molecule has 2 unspecified atom stereocenters. The van der Waals surface area contributed by atoms with E-state index in [9.17, 15) is 14.8 Å². The molecular formula is C22H19FN4O. The summed E-state index contributed by atoms with van der Waals surface area (Å²) in [4.78, 5) is 4.62. The third-order valence-corrected chi connectivity index (χ3v) is 4.95. The van der Waals surface area contributed by atoms with Crippen LogP contribution in [0.25, 0.3) is 16.7 Å². The van der Waals surface area contributed by atoms with E-state index in [1.165, 1.54) is 12.1 Å². The molecule has 4 rings (SSSR count). The SMILES string of the molecule is Cc1cc(NC(C)C(O)c2ccc(F)cc2)n2c(nc3ccccc32)c1C#N. The van der Waals surface area contributed by atoms with Crippen LogP contribution < -0.4 is 5.32 Å². The number of hydrogen-bond donors (Lipinski definition) is 2. The third kappa shape index (κ3) is 2.96. The van der Waals surface area contributed by atoms with Crippen LogP contribution in [0.2, 0.25) is 0 Å². The fourth-order valence-electron chi connectivity index (χ4n) is 3.46. The Balaban J connectivity index is 1.80.